The van der Waals surface area contributed by atoms with E-state index in [9.17, 15) is 14.0 Å². The largest absolute Gasteiger partial charge is 0.272 e. The van der Waals surface area contributed by atoms with Gasteiger partial charge in [-0.05, 0) is 29.5 Å². The normalized spacial score (nSPS) is 13.4. The lowest BCUT2D eigenvalue weighted by Crippen LogP contribution is -2.33. The third-order valence-corrected chi connectivity index (χ3v) is 3.94. The molecule has 0 fully saturated rings. The molecule has 4 rings (SSSR count). The minimum atomic E-state index is -0.389. The van der Waals surface area contributed by atoms with Crippen molar-refractivity contribution in [2.45, 2.75) is 6.54 Å². The lowest BCUT2D eigenvalue weighted by molar-refractivity contribution is 0.0645. The average molecular weight is 337 g/mol. The van der Waals surface area contributed by atoms with Crippen LogP contribution in [0.25, 0.3) is 11.4 Å². The maximum absolute atomic E-state index is 13.3. The van der Waals surface area contributed by atoms with Crippen LogP contribution in [0, 0.1) is 5.82 Å². The van der Waals surface area contributed by atoms with Gasteiger partial charge in [0.15, 0.2) is 0 Å². The number of imide groups is 1. The predicted molar refractivity (Wildman–Crippen MR) is 85.0 cm³/mol. The van der Waals surface area contributed by atoms with E-state index in [2.05, 4.69) is 15.4 Å². The molecule has 0 bridgehead atoms. The number of fused-ring (bicyclic) bond motifs is 1. The lowest BCUT2D eigenvalue weighted by atomic mass is 10.1. The van der Waals surface area contributed by atoms with Gasteiger partial charge in [0.1, 0.15) is 5.82 Å². The van der Waals surface area contributed by atoms with Crippen molar-refractivity contribution in [1.29, 1.82) is 0 Å². The van der Waals surface area contributed by atoms with E-state index in [1.807, 2.05) is 0 Å². The molecule has 2 amide bonds. The van der Waals surface area contributed by atoms with Crippen molar-refractivity contribution in [3.63, 3.8) is 0 Å². The van der Waals surface area contributed by atoms with Crippen LogP contribution in [-0.4, -0.2) is 43.5 Å². The summed E-state index contributed by atoms with van der Waals surface area (Å²) in [6, 6.07) is 12.6. The first kappa shape index (κ1) is 15.1. The molecule has 124 valence electrons. The molecule has 0 N–H and O–H groups in total. The molecule has 25 heavy (non-hydrogen) atoms. The monoisotopic (exact) mass is 337 g/mol. The maximum atomic E-state index is 13.3. The van der Waals surface area contributed by atoms with Crippen molar-refractivity contribution in [3.8, 4) is 11.4 Å². The molecule has 1 aliphatic heterocycles. The Hall–Kier alpha value is -3.42. The topological polar surface area (TPSA) is 81.0 Å². The summed E-state index contributed by atoms with van der Waals surface area (Å²) in [5, 5.41) is 11.9. The molecule has 0 saturated carbocycles. The Labute approximate surface area is 141 Å². The smallest absolute Gasteiger partial charge is 0.261 e. The zero-order valence-electron chi connectivity index (χ0n) is 13.0. The van der Waals surface area contributed by atoms with Gasteiger partial charge in [-0.1, -0.05) is 24.3 Å². The first-order valence-corrected chi connectivity index (χ1v) is 7.62. The average Bonchev–Trinajstić information content (AvgIpc) is 3.18. The zero-order chi connectivity index (χ0) is 17.4. The molecule has 7 nitrogen and oxygen atoms in total. The second-order valence-corrected chi connectivity index (χ2v) is 5.53. The minimum Gasteiger partial charge on any atom is -0.272 e. The number of amides is 2. The molecule has 1 aromatic heterocycles. The number of nitrogens with zero attached hydrogens (tertiary/aromatic N) is 5. The second-order valence-electron chi connectivity index (χ2n) is 5.53. The van der Waals surface area contributed by atoms with Gasteiger partial charge in [0.05, 0.1) is 24.2 Å². The number of carbonyl (C=O) groups is 2. The van der Waals surface area contributed by atoms with Crippen LogP contribution in [0.4, 0.5) is 4.39 Å². The van der Waals surface area contributed by atoms with Gasteiger partial charge in [-0.15, -0.1) is 10.2 Å². The molecule has 3 aromatic rings. The van der Waals surface area contributed by atoms with Crippen molar-refractivity contribution in [3.05, 3.63) is 65.5 Å². The zero-order valence-corrected chi connectivity index (χ0v) is 13.0. The Balaban J connectivity index is 1.48. The second kappa shape index (κ2) is 5.90. The van der Waals surface area contributed by atoms with Gasteiger partial charge in [0.25, 0.3) is 11.8 Å². The summed E-state index contributed by atoms with van der Waals surface area (Å²) in [5.41, 5.74) is 1.31. The lowest BCUT2D eigenvalue weighted by Gasteiger charge is -2.12. The number of benzene rings is 2. The minimum absolute atomic E-state index is 0.130. The molecule has 1 aliphatic rings. The van der Waals surface area contributed by atoms with Crippen LogP contribution in [0.5, 0.6) is 0 Å². The Morgan fingerprint density at radius 2 is 1.64 bits per heavy atom. The number of rotatable bonds is 4. The third-order valence-electron chi connectivity index (χ3n) is 3.94. The molecule has 0 aliphatic carbocycles. The molecule has 0 radical (unpaired) electrons. The Bertz CT molecular complexity index is 949. The van der Waals surface area contributed by atoms with Crippen LogP contribution < -0.4 is 0 Å². The number of carbonyl (C=O) groups excluding carboxylic acids is 2. The highest BCUT2D eigenvalue weighted by atomic mass is 19.1. The van der Waals surface area contributed by atoms with Crippen LogP contribution in [0.1, 0.15) is 20.7 Å². The number of halogens is 1. The summed E-state index contributed by atoms with van der Waals surface area (Å²) >= 11 is 0. The molecule has 2 aromatic carbocycles. The quantitative estimate of drug-likeness (QED) is 0.678. The van der Waals surface area contributed by atoms with E-state index in [1.54, 1.807) is 36.4 Å². The molecule has 0 atom stereocenters. The van der Waals surface area contributed by atoms with E-state index in [-0.39, 0.29) is 36.5 Å². The highest BCUT2D eigenvalue weighted by Crippen LogP contribution is 2.22. The molecule has 0 unspecified atom stereocenters. The highest BCUT2D eigenvalue weighted by molar-refractivity contribution is 6.21. The van der Waals surface area contributed by atoms with Gasteiger partial charge in [-0.2, -0.15) is 4.80 Å². The van der Waals surface area contributed by atoms with E-state index in [0.717, 1.165) is 4.90 Å². The molecular formula is C17H12FN5O2. The Morgan fingerprint density at radius 3 is 2.32 bits per heavy atom. The van der Waals surface area contributed by atoms with Crippen LogP contribution in [0.3, 0.4) is 0 Å². The molecule has 0 spiro atoms. The van der Waals surface area contributed by atoms with Gasteiger partial charge in [-0.3, -0.25) is 14.5 Å². The van der Waals surface area contributed by atoms with Crippen LogP contribution in [0.2, 0.25) is 0 Å². The Kier molecular flexibility index (Phi) is 3.57. The first-order chi connectivity index (χ1) is 12.1. The van der Waals surface area contributed by atoms with E-state index in [1.165, 1.54) is 16.9 Å². The summed E-state index contributed by atoms with van der Waals surface area (Å²) in [4.78, 5) is 27.0. The number of hydrogen-bond donors (Lipinski definition) is 0. The van der Waals surface area contributed by atoms with Crippen LogP contribution in [0.15, 0.2) is 48.5 Å². The van der Waals surface area contributed by atoms with E-state index < -0.39 is 0 Å². The van der Waals surface area contributed by atoms with Crippen molar-refractivity contribution in [2.24, 2.45) is 0 Å². The summed E-state index contributed by atoms with van der Waals surface area (Å²) in [6.07, 6.45) is 0. The first-order valence-electron chi connectivity index (χ1n) is 7.62. The van der Waals surface area contributed by atoms with Gasteiger partial charge in [0, 0.05) is 5.56 Å². The fraction of sp³-hybridized carbons (Fsp3) is 0.118. The summed E-state index contributed by atoms with van der Waals surface area (Å²) in [6.45, 7) is 0.332. The summed E-state index contributed by atoms with van der Waals surface area (Å²) in [7, 11) is 0. The van der Waals surface area contributed by atoms with E-state index in [0.29, 0.717) is 16.7 Å². The fourth-order valence-corrected chi connectivity index (χ4v) is 2.71. The van der Waals surface area contributed by atoms with Crippen LogP contribution in [-0.2, 0) is 6.54 Å². The van der Waals surface area contributed by atoms with Gasteiger partial charge < -0.3 is 0 Å². The summed E-state index contributed by atoms with van der Waals surface area (Å²) in [5.74, 6) is -0.765. The highest BCUT2D eigenvalue weighted by Gasteiger charge is 2.34. The molecular weight excluding hydrogens is 325 g/mol. The van der Waals surface area contributed by atoms with E-state index >= 15 is 0 Å². The molecule has 8 heteroatoms. The van der Waals surface area contributed by atoms with Gasteiger partial charge >= 0.3 is 0 Å². The standard InChI is InChI=1S/C17H12FN5O2/c18-12-5-3-4-11(10-12)15-19-21-23(20-15)9-8-22-16(24)13-6-1-2-7-14(13)17(22)25/h1-7,10H,8-9H2. The molecule has 0 saturated heterocycles. The number of hydrogen-bond acceptors (Lipinski definition) is 5. The van der Waals surface area contributed by atoms with Crippen LogP contribution >= 0.6 is 0 Å². The van der Waals surface area contributed by atoms with Crippen molar-refractivity contribution in [2.75, 3.05) is 6.54 Å². The van der Waals surface area contributed by atoms with Crippen molar-refractivity contribution in [1.82, 2.24) is 25.1 Å². The maximum Gasteiger partial charge on any atom is 0.261 e. The van der Waals surface area contributed by atoms with Crippen molar-refractivity contribution >= 4 is 11.8 Å². The van der Waals surface area contributed by atoms with E-state index in [4.69, 9.17) is 0 Å². The van der Waals surface area contributed by atoms with Crippen molar-refractivity contribution < 1.29 is 14.0 Å². The van der Waals surface area contributed by atoms with Gasteiger partial charge in [-0.25, -0.2) is 4.39 Å². The van der Waals surface area contributed by atoms with Gasteiger partial charge in [0.2, 0.25) is 5.82 Å². The number of tetrazole rings is 1. The fourth-order valence-electron chi connectivity index (χ4n) is 2.71. The Morgan fingerprint density at radius 1 is 0.920 bits per heavy atom. The molecule has 2 heterocycles. The predicted octanol–water partition coefficient (Wildman–Crippen LogP) is 1.78. The SMILES string of the molecule is O=C1c2ccccc2C(=O)N1CCn1nnc(-c2cccc(F)c2)n1. The number of aromatic nitrogens is 4. The summed E-state index contributed by atoms with van der Waals surface area (Å²) < 4.78 is 13.3. The third kappa shape index (κ3) is 2.67.